The first-order valence-electron chi connectivity index (χ1n) is 7.72. The van der Waals surface area contributed by atoms with Crippen molar-refractivity contribution in [2.75, 3.05) is 0 Å². The summed E-state index contributed by atoms with van der Waals surface area (Å²) in [7, 11) is 9.75. The van der Waals surface area contributed by atoms with Gasteiger partial charge < -0.3 is 56.5 Å². The molecule has 14 nitrogen and oxygen atoms in total. The molecular weight excluding hydrogens is 1040 g/mol. The maximum Gasteiger partial charge on any atom is 0 e. The number of hydrogen-bond acceptors (Lipinski definition) is 10. The molecule has 33 heavy (non-hydrogen) atoms. The Morgan fingerprint density at radius 1 is 0.697 bits per heavy atom. The topological polar surface area (TPSA) is 341 Å². The Balaban J connectivity index is -0.0000000419. The van der Waals surface area contributed by atoms with E-state index < -0.39 is 45.8 Å². The van der Waals surface area contributed by atoms with Crippen molar-refractivity contribution >= 4 is 42.7 Å². The van der Waals surface area contributed by atoms with E-state index in [1.54, 1.807) is 0 Å². The number of rotatable bonds is 2. The Morgan fingerprint density at radius 3 is 1.00 bits per heavy atom. The predicted octanol–water partition coefficient (Wildman–Crippen LogP) is 1.72. The van der Waals surface area contributed by atoms with Crippen LogP contribution in [0.25, 0.3) is 0 Å². The van der Waals surface area contributed by atoms with Crippen LogP contribution in [0.15, 0.2) is 0 Å². The Kier molecular flexibility index (Phi) is 49.9. The first-order valence-corrected chi connectivity index (χ1v) is 13.4. The third-order valence-corrected chi connectivity index (χ3v) is 4.08. The van der Waals surface area contributed by atoms with Gasteiger partial charge in [-0.3, -0.25) is 9.59 Å². The van der Waals surface area contributed by atoms with Gasteiger partial charge in [0.1, 0.15) is 0 Å². The second-order valence-corrected chi connectivity index (χ2v) is 9.10. The van der Waals surface area contributed by atoms with Crippen LogP contribution in [-0.4, -0.2) is 56.4 Å². The molecule has 0 aromatic rings. The zero-order valence-electron chi connectivity index (χ0n) is 17.7. The zero-order valence-corrected chi connectivity index (χ0v) is 26.0. The molecule has 0 aromatic heterocycles. The van der Waals surface area contributed by atoms with Crippen LogP contribution in [0.3, 0.4) is 0 Å². The van der Waals surface area contributed by atoms with Crippen LogP contribution >= 0.6 is 18.8 Å². The number of carbonyl (C=O) groups is 4. The van der Waals surface area contributed by atoms with E-state index in [1.165, 1.54) is 12.8 Å². The molecule has 2 rings (SSSR count). The molecule has 2 fully saturated rings. The molecule has 2 atom stereocenters. The van der Waals surface area contributed by atoms with Crippen LogP contribution in [0, 0.1) is 5.41 Å². The predicted molar refractivity (Wildman–Crippen MR) is 113 cm³/mol. The average molecular weight is 1070 g/mol. The Hall–Kier alpha value is 0.285. The van der Waals surface area contributed by atoms with Crippen LogP contribution in [0.5, 0.6) is 0 Å². The van der Waals surface area contributed by atoms with Crippen molar-refractivity contribution in [3.05, 3.63) is 0 Å². The molecule has 0 spiro atoms. The van der Waals surface area contributed by atoms with Crippen molar-refractivity contribution < 1.29 is 98.2 Å². The molecule has 0 heterocycles. The number of halogens is 2. The van der Waals surface area contributed by atoms with Crippen molar-refractivity contribution in [3.63, 3.8) is 0 Å². The first kappa shape index (κ1) is 54.3. The van der Waals surface area contributed by atoms with Crippen LogP contribution < -0.4 is 36.1 Å². The Morgan fingerprint density at radius 2 is 0.939 bits per heavy atom. The van der Waals surface area contributed by atoms with Gasteiger partial charge in [0, 0.05) is 54.2 Å². The molecular formula is C14H36Cl2N6O8Pt3. The van der Waals surface area contributed by atoms with Crippen molar-refractivity contribution in [3.8, 4) is 0 Å². The molecule has 2 aliphatic rings. The maximum absolute atomic E-state index is 10.4. The van der Waals surface area contributed by atoms with Gasteiger partial charge in [-0.2, -0.15) is 0 Å². The van der Waals surface area contributed by atoms with E-state index >= 15 is 0 Å². The van der Waals surface area contributed by atoms with Gasteiger partial charge in [0.05, 0.1) is 0 Å². The van der Waals surface area contributed by atoms with Gasteiger partial charge in [0.25, 0.3) is 0 Å². The fraction of sp³-hybridized carbons (Fsp3) is 0.714. The van der Waals surface area contributed by atoms with Gasteiger partial charge >= 0.3 is 59.2 Å². The van der Waals surface area contributed by atoms with Gasteiger partial charge in [-0.25, -0.2) is 9.59 Å². The summed E-state index contributed by atoms with van der Waals surface area (Å²) in [5.74, 6) is -6.05. The molecule has 0 radical (unpaired) electrons. The van der Waals surface area contributed by atoms with Gasteiger partial charge in [-0.05, 0) is 32.1 Å². The number of hydrogen-bond donors (Lipinski definition) is 10. The molecule has 2 unspecified atom stereocenters. The van der Waals surface area contributed by atoms with Gasteiger partial charge in [0.2, 0.25) is 0 Å². The molecule has 0 aliphatic heterocycles. The van der Waals surface area contributed by atoms with Gasteiger partial charge in [-0.1, -0.05) is 12.8 Å². The summed E-state index contributed by atoms with van der Waals surface area (Å²) in [6.07, 6.45) is 6.06. The molecule has 19 heteroatoms. The summed E-state index contributed by atoms with van der Waals surface area (Å²) in [5.41, 5.74) is 9.86. The van der Waals surface area contributed by atoms with E-state index in [2.05, 4.69) is 0 Å². The van der Waals surface area contributed by atoms with Crippen LogP contribution in [0.4, 0.5) is 0 Å². The standard InChI is InChI=1S/C6H14N2.C6H8O4.C2H2O4.2ClH.4H3N.3Pt/c7-5-3-1-2-4-6(5)8;7-4(8)6(5(9)10)2-1-3-6;3-1(4)2(5)6;;;;;;;;;/h5-6H,1-4,7-8H2;1-3H2,(H,7,8)(H,9,10);(H,3,4)(H,5,6);2*1H;4*1H3;;;/q;;;;;;;;;;;+2/p-2. The van der Waals surface area contributed by atoms with Crippen molar-refractivity contribution in [1.82, 2.24) is 24.6 Å². The molecule has 2 saturated carbocycles. The third-order valence-electron chi connectivity index (χ3n) is 4.08. The molecule has 0 saturated heterocycles. The van der Waals surface area contributed by atoms with Gasteiger partial charge in [-0.15, -0.1) is 0 Å². The normalized spacial score (nSPS) is 18.1. The van der Waals surface area contributed by atoms with Crippen LogP contribution in [0.2, 0.25) is 0 Å². The molecule has 0 aromatic carbocycles. The number of nitrogens with two attached hydrogens (primary N) is 2. The fourth-order valence-corrected chi connectivity index (χ4v) is 2.24. The van der Waals surface area contributed by atoms with Crippen molar-refractivity contribution in [1.29, 1.82) is 0 Å². The minimum absolute atomic E-state index is 0. The zero-order chi connectivity index (χ0) is 21.6. The van der Waals surface area contributed by atoms with E-state index in [-0.39, 0.29) is 91.7 Å². The summed E-state index contributed by atoms with van der Waals surface area (Å²) in [6.45, 7) is 0. The van der Waals surface area contributed by atoms with E-state index in [4.69, 9.17) is 60.3 Å². The molecule has 20 N–H and O–H groups in total. The molecule has 0 amide bonds. The van der Waals surface area contributed by atoms with E-state index in [1.807, 2.05) is 0 Å². The minimum Gasteiger partial charge on any atom is 0 e. The Labute approximate surface area is 237 Å². The van der Waals surface area contributed by atoms with Gasteiger partial charge in [0.15, 0.2) is 5.41 Å². The number of aliphatic carboxylic acids is 4. The largest absolute Gasteiger partial charge is 0 e. The van der Waals surface area contributed by atoms with E-state index in [0.29, 0.717) is 6.42 Å². The summed E-state index contributed by atoms with van der Waals surface area (Å²) in [4.78, 5) is 38.9. The smallest absolute Gasteiger partial charge is 0 e. The summed E-state index contributed by atoms with van der Waals surface area (Å²) < 4.78 is 0. The summed E-state index contributed by atoms with van der Waals surface area (Å²) in [5, 5.41) is 31.7. The monoisotopic (exact) mass is 1070 g/mol. The molecule has 2 aliphatic carbocycles. The SMILES string of the molecule is N.N.N.N.NC1CCCCC1N.O=C(O)C(=O)O.O=C(O)C1(C(=O)O)CCC1.[Cl][Pt][Cl].[Pt].[Pt]. The number of carboxylic acids is 4. The summed E-state index contributed by atoms with van der Waals surface area (Å²) in [6, 6.07) is 0.562. The molecule has 214 valence electrons. The molecule has 0 bridgehead atoms. The fourth-order valence-electron chi connectivity index (χ4n) is 2.24. The third kappa shape index (κ3) is 23.8. The Bertz CT molecular complexity index is 487. The first-order chi connectivity index (χ1) is 12.5. The van der Waals surface area contributed by atoms with Crippen molar-refractivity contribution in [2.45, 2.75) is 57.0 Å². The second kappa shape index (κ2) is 30.3. The van der Waals surface area contributed by atoms with Crippen LogP contribution in [0.1, 0.15) is 44.9 Å². The minimum atomic E-state index is -1.82. The van der Waals surface area contributed by atoms with Crippen molar-refractivity contribution in [2.24, 2.45) is 16.9 Å². The quantitative estimate of drug-likeness (QED) is 0.139. The number of carboxylic acid groups (broad SMARTS) is 4. The van der Waals surface area contributed by atoms with Crippen LogP contribution in [-0.2, 0) is 77.8 Å². The average Bonchev–Trinajstić information content (AvgIpc) is 2.50. The van der Waals surface area contributed by atoms with E-state index in [9.17, 15) is 9.59 Å². The maximum atomic E-state index is 10.4. The summed E-state index contributed by atoms with van der Waals surface area (Å²) >= 11 is -0.472. The van der Waals surface area contributed by atoms with E-state index in [0.717, 1.165) is 12.8 Å². The second-order valence-electron chi connectivity index (χ2n) is 5.81.